The Labute approximate surface area is 156 Å². The quantitative estimate of drug-likeness (QED) is 0.544. The zero-order valence-corrected chi connectivity index (χ0v) is 15.9. The van der Waals surface area contributed by atoms with Crippen LogP contribution in [0.5, 0.6) is 0 Å². The molecule has 1 N–H and O–H groups in total. The van der Waals surface area contributed by atoms with Gasteiger partial charge in [0.05, 0.1) is 24.0 Å². The minimum absolute atomic E-state index is 0.453. The smallest absolute Gasteiger partial charge is 0.216 e. The lowest BCUT2D eigenvalue weighted by atomic mass is 10.1. The number of aryl methyl sites for hydroxylation is 3. The second-order valence-corrected chi connectivity index (χ2v) is 6.53. The Bertz CT molecular complexity index is 964. The standard InChI is InChI=1S/C17H19ClN6S/c1-4-15-20-21-17(25)24(15)19-9-14-12(3)22-23(16(14)18)10-13-7-5-11(2)6-8-13/h5-9H,4,10H2,1-3H3,(H,21,25). The summed E-state index contributed by atoms with van der Waals surface area (Å²) in [5.41, 5.74) is 3.96. The van der Waals surface area contributed by atoms with E-state index in [0.717, 1.165) is 29.1 Å². The molecule has 1 aromatic carbocycles. The first-order valence-electron chi connectivity index (χ1n) is 7.98. The first-order valence-corrected chi connectivity index (χ1v) is 8.77. The van der Waals surface area contributed by atoms with E-state index in [1.165, 1.54) is 5.56 Å². The normalized spacial score (nSPS) is 11.5. The van der Waals surface area contributed by atoms with Gasteiger partial charge in [-0.1, -0.05) is 48.4 Å². The van der Waals surface area contributed by atoms with E-state index in [9.17, 15) is 0 Å². The van der Waals surface area contributed by atoms with E-state index in [0.29, 0.717) is 16.5 Å². The van der Waals surface area contributed by atoms with Crippen molar-refractivity contribution in [1.29, 1.82) is 0 Å². The molecule has 3 rings (SSSR count). The van der Waals surface area contributed by atoms with Crippen LogP contribution in [0.1, 0.15) is 35.1 Å². The van der Waals surface area contributed by atoms with E-state index in [4.69, 9.17) is 23.8 Å². The molecule has 0 aliphatic rings. The van der Waals surface area contributed by atoms with Gasteiger partial charge in [-0.15, -0.1) is 0 Å². The van der Waals surface area contributed by atoms with Gasteiger partial charge in [-0.25, -0.2) is 4.68 Å². The molecular formula is C17H19ClN6S. The lowest BCUT2D eigenvalue weighted by molar-refractivity contribution is 0.680. The molecule has 0 spiro atoms. The Morgan fingerprint density at radius 1 is 1.28 bits per heavy atom. The molecule has 6 nitrogen and oxygen atoms in total. The van der Waals surface area contributed by atoms with Crippen molar-refractivity contribution in [3.05, 3.63) is 62.4 Å². The van der Waals surface area contributed by atoms with Crippen LogP contribution in [0.2, 0.25) is 5.15 Å². The molecule has 0 bridgehead atoms. The Balaban J connectivity index is 1.89. The van der Waals surface area contributed by atoms with Gasteiger partial charge in [0.15, 0.2) is 5.82 Å². The van der Waals surface area contributed by atoms with Gasteiger partial charge < -0.3 is 0 Å². The van der Waals surface area contributed by atoms with Crippen molar-refractivity contribution in [2.75, 3.05) is 0 Å². The summed E-state index contributed by atoms with van der Waals surface area (Å²) in [6.45, 7) is 6.58. The SMILES string of the molecule is CCc1n[nH]c(=S)n1N=Cc1c(C)nn(Cc2ccc(C)cc2)c1Cl. The molecule has 0 amide bonds. The number of rotatable bonds is 5. The van der Waals surface area contributed by atoms with Crippen molar-refractivity contribution in [3.8, 4) is 0 Å². The van der Waals surface area contributed by atoms with Gasteiger partial charge in [-0.05, 0) is 31.6 Å². The molecule has 0 aliphatic heterocycles. The molecule has 8 heteroatoms. The molecule has 0 atom stereocenters. The lowest BCUT2D eigenvalue weighted by Crippen LogP contribution is -2.02. The molecule has 0 saturated carbocycles. The number of aromatic nitrogens is 5. The number of H-pyrrole nitrogens is 1. The molecule has 0 saturated heterocycles. The predicted molar refractivity (Wildman–Crippen MR) is 102 cm³/mol. The van der Waals surface area contributed by atoms with Crippen LogP contribution in [0, 0.1) is 18.6 Å². The van der Waals surface area contributed by atoms with E-state index in [1.54, 1.807) is 15.6 Å². The van der Waals surface area contributed by atoms with E-state index in [-0.39, 0.29) is 0 Å². The maximum Gasteiger partial charge on any atom is 0.216 e. The largest absolute Gasteiger partial charge is 0.250 e. The summed E-state index contributed by atoms with van der Waals surface area (Å²) >= 11 is 11.7. The van der Waals surface area contributed by atoms with E-state index in [1.807, 2.05) is 13.8 Å². The summed E-state index contributed by atoms with van der Waals surface area (Å²) in [5.74, 6) is 0.766. The summed E-state index contributed by atoms with van der Waals surface area (Å²) < 4.78 is 3.83. The van der Waals surface area contributed by atoms with Crippen LogP contribution in [0.15, 0.2) is 29.4 Å². The fourth-order valence-electron chi connectivity index (χ4n) is 2.47. The summed E-state index contributed by atoms with van der Waals surface area (Å²) in [6, 6.07) is 8.31. The third kappa shape index (κ3) is 3.72. The van der Waals surface area contributed by atoms with Gasteiger partial charge in [-0.3, -0.25) is 5.10 Å². The molecule has 2 aromatic heterocycles. The summed E-state index contributed by atoms with van der Waals surface area (Å²) in [7, 11) is 0. The van der Waals surface area contributed by atoms with Crippen molar-refractivity contribution in [2.45, 2.75) is 33.7 Å². The van der Waals surface area contributed by atoms with Crippen LogP contribution in [0.4, 0.5) is 0 Å². The highest BCUT2D eigenvalue weighted by molar-refractivity contribution is 7.71. The molecule has 0 unspecified atom stereocenters. The third-order valence-electron chi connectivity index (χ3n) is 3.90. The average Bonchev–Trinajstić information content (AvgIpc) is 3.08. The molecule has 2 heterocycles. The predicted octanol–water partition coefficient (Wildman–Crippen LogP) is 3.90. The molecule has 0 fully saturated rings. The number of halogens is 1. The fourth-order valence-corrected chi connectivity index (χ4v) is 2.95. The van der Waals surface area contributed by atoms with Crippen LogP contribution in [-0.4, -0.2) is 30.9 Å². The van der Waals surface area contributed by atoms with Gasteiger partial charge in [0.2, 0.25) is 4.77 Å². The molecule has 3 aromatic rings. The summed E-state index contributed by atoms with van der Waals surface area (Å²) in [5, 5.41) is 16.4. The second-order valence-electron chi connectivity index (χ2n) is 5.79. The van der Waals surface area contributed by atoms with Crippen molar-refractivity contribution < 1.29 is 0 Å². The van der Waals surface area contributed by atoms with Crippen LogP contribution in [0.3, 0.4) is 0 Å². The number of hydrogen-bond donors (Lipinski definition) is 1. The Hall–Kier alpha value is -2.25. The van der Waals surface area contributed by atoms with Crippen molar-refractivity contribution in [2.24, 2.45) is 5.10 Å². The van der Waals surface area contributed by atoms with Gasteiger partial charge in [-0.2, -0.15) is 20.0 Å². The van der Waals surface area contributed by atoms with Crippen molar-refractivity contribution >= 4 is 30.0 Å². The molecule has 25 heavy (non-hydrogen) atoms. The minimum Gasteiger partial charge on any atom is -0.250 e. The first-order chi connectivity index (χ1) is 12.0. The van der Waals surface area contributed by atoms with Gasteiger partial charge in [0.1, 0.15) is 5.15 Å². The highest BCUT2D eigenvalue weighted by atomic mass is 35.5. The number of aromatic amines is 1. The summed E-state index contributed by atoms with van der Waals surface area (Å²) in [4.78, 5) is 0. The zero-order valence-electron chi connectivity index (χ0n) is 14.3. The van der Waals surface area contributed by atoms with Crippen LogP contribution >= 0.6 is 23.8 Å². The van der Waals surface area contributed by atoms with E-state index < -0.39 is 0 Å². The van der Waals surface area contributed by atoms with Crippen LogP contribution < -0.4 is 0 Å². The highest BCUT2D eigenvalue weighted by Crippen LogP contribution is 2.19. The fraction of sp³-hybridized carbons (Fsp3) is 0.294. The molecular weight excluding hydrogens is 356 g/mol. The zero-order chi connectivity index (χ0) is 18.0. The number of hydrogen-bond acceptors (Lipinski definition) is 4. The summed E-state index contributed by atoms with van der Waals surface area (Å²) in [6.07, 6.45) is 2.41. The van der Waals surface area contributed by atoms with Gasteiger partial charge >= 0.3 is 0 Å². The van der Waals surface area contributed by atoms with E-state index in [2.05, 4.69) is 51.6 Å². The topological polar surface area (TPSA) is 63.8 Å². The number of nitrogens with one attached hydrogen (secondary N) is 1. The highest BCUT2D eigenvalue weighted by Gasteiger charge is 2.12. The third-order valence-corrected chi connectivity index (χ3v) is 4.56. The minimum atomic E-state index is 0.453. The van der Waals surface area contributed by atoms with Gasteiger partial charge in [0.25, 0.3) is 0 Å². The average molecular weight is 375 g/mol. The maximum atomic E-state index is 6.51. The Morgan fingerprint density at radius 3 is 2.68 bits per heavy atom. The van der Waals surface area contributed by atoms with Gasteiger partial charge in [0, 0.05) is 6.42 Å². The second kappa shape index (κ2) is 7.33. The van der Waals surface area contributed by atoms with E-state index >= 15 is 0 Å². The lowest BCUT2D eigenvalue weighted by Gasteiger charge is -2.04. The van der Waals surface area contributed by atoms with Crippen LogP contribution in [0.25, 0.3) is 0 Å². The van der Waals surface area contributed by atoms with Crippen molar-refractivity contribution in [3.63, 3.8) is 0 Å². The molecule has 0 radical (unpaired) electrons. The van der Waals surface area contributed by atoms with Crippen LogP contribution in [-0.2, 0) is 13.0 Å². The maximum absolute atomic E-state index is 6.51. The molecule has 0 aliphatic carbocycles. The Morgan fingerprint density at radius 2 is 2.00 bits per heavy atom. The molecule has 130 valence electrons. The van der Waals surface area contributed by atoms with Crippen molar-refractivity contribution in [1.82, 2.24) is 24.7 Å². The monoisotopic (exact) mass is 374 g/mol. The first kappa shape index (κ1) is 17.6. The number of benzene rings is 1. The Kier molecular flexibility index (Phi) is 5.15. The number of nitrogens with zero attached hydrogens (tertiary/aromatic N) is 5.